The fourth-order valence-corrected chi connectivity index (χ4v) is 5.57. The van der Waals surface area contributed by atoms with Gasteiger partial charge in [0.25, 0.3) is 0 Å². The quantitative estimate of drug-likeness (QED) is 0.153. The number of amides is 4. The van der Waals surface area contributed by atoms with E-state index in [1.54, 1.807) is 13.8 Å². The zero-order chi connectivity index (χ0) is 32.2. The van der Waals surface area contributed by atoms with Crippen LogP contribution in [0.4, 0.5) is 0 Å². The molecule has 44 heavy (non-hydrogen) atoms. The number of nitrogens with one attached hydrogen (secondary N) is 4. The smallest absolute Gasteiger partial charge is 0.326 e. The Bertz CT molecular complexity index is 1260. The van der Waals surface area contributed by atoms with Gasteiger partial charge in [-0.25, -0.2) is 9.78 Å². The largest absolute Gasteiger partial charge is 0.480 e. The van der Waals surface area contributed by atoms with Crippen molar-refractivity contribution in [2.45, 2.75) is 76.2 Å². The van der Waals surface area contributed by atoms with E-state index in [9.17, 15) is 29.1 Å². The number of benzene rings is 1. The molecule has 4 amide bonds. The molecule has 7 N–H and O–H groups in total. The number of H-pyrrole nitrogens is 1. The first-order chi connectivity index (χ1) is 21.0. The molecule has 0 bridgehead atoms. The number of carboxylic acid groups (broad SMARTS) is 1. The average molecular weight is 630 g/mol. The van der Waals surface area contributed by atoms with Gasteiger partial charge in [0.05, 0.1) is 12.4 Å². The third-order valence-electron chi connectivity index (χ3n) is 7.54. The van der Waals surface area contributed by atoms with Gasteiger partial charge in [-0.05, 0) is 49.2 Å². The van der Waals surface area contributed by atoms with Gasteiger partial charge in [0, 0.05) is 24.9 Å². The fraction of sp³-hybridized carbons (Fsp3) is 0.533. The van der Waals surface area contributed by atoms with Crippen molar-refractivity contribution in [1.29, 1.82) is 0 Å². The summed E-state index contributed by atoms with van der Waals surface area (Å²) in [6.45, 7) is 3.82. The number of aromatic amines is 1. The number of nitrogens with zero attached hydrogens (tertiary/aromatic N) is 2. The van der Waals surface area contributed by atoms with Crippen molar-refractivity contribution < 1.29 is 29.1 Å². The maximum atomic E-state index is 13.9. The Balaban J connectivity index is 1.74. The Morgan fingerprint density at radius 3 is 2.41 bits per heavy atom. The van der Waals surface area contributed by atoms with E-state index in [0.717, 1.165) is 5.56 Å². The van der Waals surface area contributed by atoms with Crippen LogP contribution in [0.25, 0.3) is 0 Å². The van der Waals surface area contributed by atoms with Crippen LogP contribution in [-0.2, 0) is 36.8 Å². The topological polar surface area (TPSA) is 200 Å². The van der Waals surface area contributed by atoms with Gasteiger partial charge < -0.3 is 36.7 Å². The molecule has 3 rings (SSSR count). The van der Waals surface area contributed by atoms with E-state index < -0.39 is 59.8 Å². The summed E-state index contributed by atoms with van der Waals surface area (Å²) in [5.41, 5.74) is 7.62. The molecule has 1 aromatic carbocycles. The number of imidazole rings is 1. The van der Waals surface area contributed by atoms with E-state index in [1.165, 1.54) is 29.2 Å². The maximum Gasteiger partial charge on any atom is 0.326 e. The molecule has 5 unspecified atom stereocenters. The number of aliphatic carboxylic acids is 1. The first kappa shape index (κ1) is 34.6. The van der Waals surface area contributed by atoms with Crippen molar-refractivity contribution in [1.82, 2.24) is 30.8 Å². The average Bonchev–Trinajstić information content (AvgIpc) is 3.70. The number of nitrogens with two attached hydrogens (primary N) is 1. The molecule has 1 fully saturated rings. The van der Waals surface area contributed by atoms with Gasteiger partial charge in [-0.3, -0.25) is 19.2 Å². The van der Waals surface area contributed by atoms with Crippen LogP contribution in [0.3, 0.4) is 0 Å². The number of thioether (sulfide) groups is 1. The number of likely N-dealkylation sites (tertiary alicyclic amines) is 1. The Hall–Kier alpha value is -3.91. The van der Waals surface area contributed by atoms with Gasteiger partial charge in [0.15, 0.2) is 0 Å². The molecule has 0 aliphatic carbocycles. The lowest BCUT2D eigenvalue weighted by Gasteiger charge is -2.31. The minimum Gasteiger partial charge on any atom is -0.480 e. The lowest BCUT2D eigenvalue weighted by Crippen LogP contribution is -2.59. The molecule has 2 aromatic rings. The van der Waals surface area contributed by atoms with E-state index in [2.05, 4.69) is 25.9 Å². The molecule has 0 radical (unpaired) electrons. The molecular formula is C30H43N7O6S. The normalized spacial score (nSPS) is 17.4. The summed E-state index contributed by atoms with van der Waals surface area (Å²) in [6.07, 6.45) is 6.35. The third kappa shape index (κ3) is 9.81. The second-order valence-corrected chi connectivity index (χ2v) is 12.2. The number of hydrogen-bond acceptors (Lipinski definition) is 8. The highest BCUT2D eigenvalue weighted by Crippen LogP contribution is 2.20. The highest BCUT2D eigenvalue weighted by molar-refractivity contribution is 7.98. The minimum absolute atomic E-state index is 0.0627. The molecule has 13 nitrogen and oxygen atoms in total. The maximum absolute atomic E-state index is 13.9. The molecule has 1 aliphatic rings. The summed E-state index contributed by atoms with van der Waals surface area (Å²) in [7, 11) is 0. The Morgan fingerprint density at radius 1 is 1.07 bits per heavy atom. The van der Waals surface area contributed by atoms with Crippen LogP contribution in [0.5, 0.6) is 0 Å². The Labute approximate surface area is 261 Å². The van der Waals surface area contributed by atoms with Crippen molar-refractivity contribution in [3.05, 3.63) is 54.1 Å². The van der Waals surface area contributed by atoms with Crippen molar-refractivity contribution >= 4 is 41.4 Å². The molecular weight excluding hydrogens is 586 g/mol. The predicted octanol–water partition coefficient (Wildman–Crippen LogP) is 0.461. The lowest BCUT2D eigenvalue weighted by atomic mass is 10.00. The van der Waals surface area contributed by atoms with Gasteiger partial charge in [-0.1, -0.05) is 44.2 Å². The number of rotatable bonds is 16. The molecule has 1 saturated heterocycles. The Kier molecular flexibility index (Phi) is 13.2. The highest BCUT2D eigenvalue weighted by Gasteiger charge is 2.40. The second kappa shape index (κ2) is 16.8. The van der Waals surface area contributed by atoms with E-state index in [-0.39, 0.29) is 25.3 Å². The van der Waals surface area contributed by atoms with Crippen LogP contribution in [0.1, 0.15) is 44.4 Å². The fourth-order valence-electron chi connectivity index (χ4n) is 5.10. The van der Waals surface area contributed by atoms with Gasteiger partial charge in [0.1, 0.15) is 24.2 Å². The van der Waals surface area contributed by atoms with E-state index in [0.29, 0.717) is 30.7 Å². The molecule has 2 heterocycles. The third-order valence-corrected chi connectivity index (χ3v) is 8.18. The summed E-state index contributed by atoms with van der Waals surface area (Å²) in [4.78, 5) is 73.7. The van der Waals surface area contributed by atoms with Crippen molar-refractivity contribution in [3.63, 3.8) is 0 Å². The van der Waals surface area contributed by atoms with E-state index in [1.807, 2.05) is 36.6 Å². The van der Waals surface area contributed by atoms with Gasteiger partial charge >= 0.3 is 5.97 Å². The summed E-state index contributed by atoms with van der Waals surface area (Å²) in [5, 5.41) is 17.7. The molecule has 0 saturated carbocycles. The van der Waals surface area contributed by atoms with Crippen molar-refractivity contribution in [2.24, 2.45) is 11.7 Å². The lowest BCUT2D eigenvalue weighted by molar-refractivity contribution is -0.145. The second-order valence-electron chi connectivity index (χ2n) is 11.2. The molecule has 1 aromatic heterocycles. The van der Waals surface area contributed by atoms with Gasteiger partial charge in [-0.2, -0.15) is 11.8 Å². The number of hydrogen-bond donors (Lipinski definition) is 6. The summed E-state index contributed by atoms with van der Waals surface area (Å²) in [6, 6.07) is 4.40. The van der Waals surface area contributed by atoms with Crippen LogP contribution < -0.4 is 21.7 Å². The van der Waals surface area contributed by atoms with Crippen LogP contribution >= 0.6 is 11.8 Å². The molecule has 0 spiro atoms. The van der Waals surface area contributed by atoms with Gasteiger partial charge in [0.2, 0.25) is 23.6 Å². The van der Waals surface area contributed by atoms with Crippen molar-refractivity contribution in [2.75, 3.05) is 18.6 Å². The van der Waals surface area contributed by atoms with Crippen LogP contribution in [0.2, 0.25) is 0 Å². The summed E-state index contributed by atoms with van der Waals surface area (Å²) in [5.74, 6) is -3.02. The monoisotopic (exact) mass is 629 g/mol. The first-order valence-electron chi connectivity index (χ1n) is 14.7. The standard InChI is InChI=1S/C30H43N7O6S/c1-18(2)25(36-26(38)21(31)14-19-8-5-4-6-9-19)28(40)35-23(15-20-16-32-17-33-20)29(41)37-12-7-10-24(37)27(39)34-22(30(42)43)11-13-44-3/h4-6,8-9,16-18,21-25H,7,10-15,31H2,1-3H3,(H,32,33)(H,34,39)(H,35,40)(H,36,38)(H,42,43). The molecule has 240 valence electrons. The summed E-state index contributed by atoms with van der Waals surface area (Å²) < 4.78 is 0. The number of aromatic nitrogens is 2. The van der Waals surface area contributed by atoms with Crippen LogP contribution in [0, 0.1) is 5.92 Å². The first-order valence-corrected chi connectivity index (χ1v) is 16.1. The zero-order valence-corrected chi connectivity index (χ0v) is 26.1. The number of carboxylic acids is 1. The van der Waals surface area contributed by atoms with Gasteiger partial charge in [-0.15, -0.1) is 0 Å². The predicted molar refractivity (Wildman–Crippen MR) is 166 cm³/mol. The molecule has 1 aliphatic heterocycles. The number of carbonyl (C=O) groups excluding carboxylic acids is 4. The van der Waals surface area contributed by atoms with Crippen LogP contribution in [-0.4, -0.2) is 98.3 Å². The van der Waals surface area contributed by atoms with Crippen LogP contribution in [0.15, 0.2) is 42.9 Å². The summed E-state index contributed by atoms with van der Waals surface area (Å²) >= 11 is 1.47. The minimum atomic E-state index is -1.14. The van der Waals surface area contributed by atoms with E-state index in [4.69, 9.17) is 5.73 Å². The molecule has 5 atom stereocenters. The highest BCUT2D eigenvalue weighted by atomic mass is 32.2. The zero-order valence-electron chi connectivity index (χ0n) is 25.3. The Morgan fingerprint density at radius 2 is 1.80 bits per heavy atom. The SMILES string of the molecule is CSCCC(NC(=O)C1CCCN1C(=O)C(Cc1cnc[nH]1)NC(=O)C(NC(=O)C(N)Cc1ccccc1)C(C)C)C(=O)O. The van der Waals surface area contributed by atoms with E-state index >= 15 is 0 Å². The number of carbonyl (C=O) groups is 5. The van der Waals surface area contributed by atoms with Crippen molar-refractivity contribution in [3.8, 4) is 0 Å². The molecule has 14 heteroatoms.